The van der Waals surface area contributed by atoms with Crippen LogP contribution in [-0.4, -0.2) is 47.6 Å². The first-order chi connectivity index (χ1) is 14.0. The van der Waals surface area contributed by atoms with E-state index in [4.69, 9.17) is 4.74 Å². The van der Waals surface area contributed by atoms with Crippen molar-refractivity contribution in [3.63, 3.8) is 0 Å². The molecule has 1 aliphatic heterocycles. The minimum Gasteiger partial charge on any atom is -0.450 e. The van der Waals surface area contributed by atoms with E-state index in [1.165, 1.54) is 0 Å². The Balaban J connectivity index is 1.59. The fraction of sp³-hybridized carbons (Fsp3) is 0.409. The molecule has 1 saturated heterocycles. The molecule has 0 saturated carbocycles. The first-order valence-corrected chi connectivity index (χ1v) is 9.98. The lowest BCUT2D eigenvalue weighted by Gasteiger charge is -2.31. The molecule has 0 spiro atoms. The number of pyridine rings is 1. The van der Waals surface area contributed by atoms with E-state index >= 15 is 0 Å². The van der Waals surface area contributed by atoms with E-state index in [2.05, 4.69) is 33.8 Å². The van der Waals surface area contributed by atoms with Gasteiger partial charge in [0.15, 0.2) is 0 Å². The maximum Gasteiger partial charge on any atom is 0.409 e. The zero-order valence-corrected chi connectivity index (χ0v) is 17.2. The highest BCUT2D eigenvalue weighted by atomic mass is 16.6. The standard InChI is InChI=1S/C22H28N4O3/c1-4-29-22(28)26-9-7-18(8-10-26)25-21(27)17-12-19(14-23-13-17)24-20-11-15(2)5-6-16(20)3/h5-6,11-14,18,24H,4,7-10H2,1-3H3,(H,25,27). The molecule has 0 atom stereocenters. The Hall–Kier alpha value is -3.09. The summed E-state index contributed by atoms with van der Waals surface area (Å²) >= 11 is 0. The van der Waals surface area contributed by atoms with Gasteiger partial charge in [0.2, 0.25) is 0 Å². The molecule has 0 aliphatic carbocycles. The van der Waals surface area contributed by atoms with Crippen LogP contribution >= 0.6 is 0 Å². The van der Waals surface area contributed by atoms with Gasteiger partial charge >= 0.3 is 6.09 Å². The van der Waals surface area contributed by atoms with Gasteiger partial charge in [-0.15, -0.1) is 0 Å². The number of carbonyl (C=O) groups is 2. The number of hydrogen-bond acceptors (Lipinski definition) is 5. The molecule has 7 heteroatoms. The molecule has 0 radical (unpaired) electrons. The molecule has 154 valence electrons. The van der Waals surface area contributed by atoms with Gasteiger partial charge in [0, 0.05) is 31.0 Å². The number of benzene rings is 1. The second-order valence-electron chi connectivity index (χ2n) is 7.34. The summed E-state index contributed by atoms with van der Waals surface area (Å²) in [5.74, 6) is -0.156. The normalized spacial score (nSPS) is 14.4. The van der Waals surface area contributed by atoms with Gasteiger partial charge in [-0.2, -0.15) is 0 Å². The van der Waals surface area contributed by atoms with Crippen LogP contribution in [0.5, 0.6) is 0 Å². The van der Waals surface area contributed by atoms with Gasteiger partial charge < -0.3 is 20.3 Å². The van der Waals surface area contributed by atoms with Gasteiger partial charge in [0.25, 0.3) is 5.91 Å². The molecule has 3 rings (SSSR count). The molecular formula is C22H28N4O3. The van der Waals surface area contributed by atoms with Crippen molar-refractivity contribution < 1.29 is 14.3 Å². The summed E-state index contributed by atoms with van der Waals surface area (Å²) in [6.45, 7) is 7.40. The minimum absolute atomic E-state index is 0.0313. The third kappa shape index (κ3) is 5.47. The first kappa shape index (κ1) is 20.6. The number of nitrogens with one attached hydrogen (secondary N) is 2. The van der Waals surface area contributed by atoms with Gasteiger partial charge in [-0.3, -0.25) is 9.78 Å². The summed E-state index contributed by atoms with van der Waals surface area (Å²) in [5.41, 5.74) is 4.56. The molecule has 0 bridgehead atoms. The molecule has 7 nitrogen and oxygen atoms in total. The zero-order valence-electron chi connectivity index (χ0n) is 17.2. The van der Waals surface area contributed by atoms with E-state index in [0.29, 0.717) is 38.1 Å². The second kappa shape index (κ2) is 9.41. The maximum atomic E-state index is 12.7. The van der Waals surface area contributed by atoms with Crippen LogP contribution in [0.2, 0.25) is 0 Å². The number of hydrogen-bond donors (Lipinski definition) is 2. The highest BCUT2D eigenvalue weighted by molar-refractivity contribution is 5.95. The molecule has 29 heavy (non-hydrogen) atoms. The minimum atomic E-state index is -0.285. The van der Waals surface area contributed by atoms with Crippen molar-refractivity contribution in [2.24, 2.45) is 0 Å². The van der Waals surface area contributed by atoms with E-state index in [1.54, 1.807) is 30.3 Å². The molecule has 1 aromatic carbocycles. The van der Waals surface area contributed by atoms with Crippen molar-refractivity contribution in [2.45, 2.75) is 39.7 Å². The van der Waals surface area contributed by atoms with Crippen LogP contribution in [0.25, 0.3) is 0 Å². The SMILES string of the molecule is CCOC(=O)N1CCC(NC(=O)c2cncc(Nc3cc(C)ccc3C)c2)CC1. The molecule has 1 aromatic heterocycles. The number of ether oxygens (including phenoxy) is 1. The molecule has 2 amide bonds. The van der Waals surface area contributed by atoms with E-state index < -0.39 is 0 Å². The highest BCUT2D eigenvalue weighted by Crippen LogP contribution is 2.22. The summed E-state index contributed by atoms with van der Waals surface area (Å²) in [4.78, 5) is 30.3. The molecule has 1 aliphatic rings. The van der Waals surface area contributed by atoms with E-state index in [0.717, 1.165) is 22.5 Å². The Kier molecular flexibility index (Phi) is 6.69. The van der Waals surface area contributed by atoms with Crippen LogP contribution in [0.4, 0.5) is 16.2 Å². The fourth-order valence-corrected chi connectivity index (χ4v) is 3.35. The van der Waals surface area contributed by atoms with Crippen LogP contribution in [0.1, 0.15) is 41.3 Å². The number of likely N-dealkylation sites (tertiary alicyclic amines) is 1. The lowest BCUT2D eigenvalue weighted by atomic mass is 10.0. The molecule has 2 aromatic rings. The smallest absolute Gasteiger partial charge is 0.409 e. The Labute approximate surface area is 171 Å². The molecule has 2 N–H and O–H groups in total. The third-order valence-electron chi connectivity index (χ3n) is 5.03. The lowest BCUT2D eigenvalue weighted by molar-refractivity contribution is 0.0860. The number of carbonyl (C=O) groups excluding carboxylic acids is 2. The number of piperidine rings is 1. The van der Waals surface area contributed by atoms with Gasteiger partial charge in [-0.05, 0) is 56.9 Å². The maximum absolute atomic E-state index is 12.7. The van der Waals surface area contributed by atoms with Crippen molar-refractivity contribution in [1.82, 2.24) is 15.2 Å². The molecular weight excluding hydrogens is 368 g/mol. The van der Waals surface area contributed by atoms with E-state index in [1.807, 2.05) is 13.8 Å². The second-order valence-corrected chi connectivity index (χ2v) is 7.34. The van der Waals surface area contributed by atoms with Crippen LogP contribution in [0.15, 0.2) is 36.7 Å². The largest absolute Gasteiger partial charge is 0.450 e. The Morgan fingerprint density at radius 1 is 1.17 bits per heavy atom. The van der Waals surface area contributed by atoms with Crippen molar-refractivity contribution in [1.29, 1.82) is 0 Å². The fourth-order valence-electron chi connectivity index (χ4n) is 3.35. The van der Waals surface area contributed by atoms with Crippen LogP contribution in [0, 0.1) is 13.8 Å². The monoisotopic (exact) mass is 396 g/mol. The molecule has 0 unspecified atom stereocenters. The Morgan fingerprint density at radius 2 is 1.93 bits per heavy atom. The average molecular weight is 396 g/mol. The number of aromatic nitrogens is 1. The first-order valence-electron chi connectivity index (χ1n) is 9.98. The summed E-state index contributed by atoms with van der Waals surface area (Å²) in [5, 5.41) is 6.39. The van der Waals surface area contributed by atoms with Crippen LogP contribution in [0.3, 0.4) is 0 Å². The van der Waals surface area contributed by atoms with E-state index in [-0.39, 0.29) is 18.0 Å². The highest BCUT2D eigenvalue weighted by Gasteiger charge is 2.25. The Bertz CT molecular complexity index is 876. The lowest BCUT2D eigenvalue weighted by Crippen LogP contribution is -2.46. The number of aryl methyl sites for hydroxylation is 2. The number of anilines is 2. The van der Waals surface area contributed by atoms with Crippen molar-refractivity contribution in [3.05, 3.63) is 53.3 Å². The van der Waals surface area contributed by atoms with Crippen LogP contribution < -0.4 is 10.6 Å². The number of nitrogens with zero attached hydrogens (tertiary/aromatic N) is 2. The molecule has 2 heterocycles. The number of rotatable bonds is 5. The van der Waals surface area contributed by atoms with Crippen molar-refractivity contribution in [3.8, 4) is 0 Å². The quantitative estimate of drug-likeness (QED) is 0.803. The van der Waals surface area contributed by atoms with Gasteiger partial charge in [-0.1, -0.05) is 12.1 Å². The van der Waals surface area contributed by atoms with Gasteiger partial charge in [0.1, 0.15) is 0 Å². The molecule has 1 fully saturated rings. The number of amides is 2. The average Bonchev–Trinajstić information content (AvgIpc) is 2.71. The third-order valence-corrected chi connectivity index (χ3v) is 5.03. The van der Waals surface area contributed by atoms with Crippen LogP contribution in [-0.2, 0) is 4.74 Å². The van der Waals surface area contributed by atoms with Crippen molar-refractivity contribution in [2.75, 3.05) is 25.0 Å². The Morgan fingerprint density at radius 3 is 2.66 bits per heavy atom. The summed E-state index contributed by atoms with van der Waals surface area (Å²) in [6, 6.07) is 8.03. The summed E-state index contributed by atoms with van der Waals surface area (Å²) in [7, 11) is 0. The predicted octanol–water partition coefficient (Wildman–Crippen LogP) is 3.79. The summed E-state index contributed by atoms with van der Waals surface area (Å²) in [6.07, 6.45) is 4.40. The van der Waals surface area contributed by atoms with Gasteiger partial charge in [0.05, 0.1) is 24.1 Å². The van der Waals surface area contributed by atoms with Crippen molar-refractivity contribution >= 4 is 23.4 Å². The summed E-state index contributed by atoms with van der Waals surface area (Å²) < 4.78 is 5.03. The predicted molar refractivity (Wildman–Crippen MR) is 113 cm³/mol. The zero-order chi connectivity index (χ0) is 20.8. The van der Waals surface area contributed by atoms with Gasteiger partial charge in [-0.25, -0.2) is 4.79 Å². The van der Waals surface area contributed by atoms with E-state index in [9.17, 15) is 9.59 Å². The topological polar surface area (TPSA) is 83.6 Å².